The topological polar surface area (TPSA) is 70.7 Å². The zero-order valence-corrected chi connectivity index (χ0v) is 14.1. The Bertz CT molecular complexity index is 612. The summed E-state index contributed by atoms with van der Waals surface area (Å²) in [7, 11) is 0. The van der Waals surface area contributed by atoms with Gasteiger partial charge in [0.15, 0.2) is 0 Å². The number of hydrogen-bond donors (Lipinski definition) is 2. The van der Waals surface area contributed by atoms with Gasteiger partial charge in [-0.15, -0.1) is 0 Å². The van der Waals surface area contributed by atoms with E-state index in [9.17, 15) is 9.59 Å². The van der Waals surface area contributed by atoms with Crippen LogP contribution in [0.5, 0.6) is 0 Å². The molecule has 1 fully saturated rings. The molecular formula is C18H25N3O3. The summed E-state index contributed by atoms with van der Waals surface area (Å²) in [5.74, 6) is 0.160. The second-order valence-corrected chi connectivity index (χ2v) is 6.31. The number of amides is 3. The number of fused-ring (bicyclic) bond motifs is 1. The minimum absolute atomic E-state index is 0.151. The van der Waals surface area contributed by atoms with Crippen molar-refractivity contribution in [1.82, 2.24) is 10.6 Å². The number of nitrogens with zero attached hydrogens (tertiary/aromatic N) is 1. The number of rotatable bonds is 5. The van der Waals surface area contributed by atoms with Gasteiger partial charge in [0.25, 0.3) is 0 Å². The van der Waals surface area contributed by atoms with Crippen LogP contribution in [0.1, 0.15) is 37.3 Å². The third-order valence-electron chi connectivity index (χ3n) is 4.61. The first-order valence-corrected chi connectivity index (χ1v) is 8.73. The molecule has 24 heavy (non-hydrogen) atoms. The van der Waals surface area contributed by atoms with Crippen molar-refractivity contribution in [3.8, 4) is 0 Å². The van der Waals surface area contributed by atoms with Crippen molar-refractivity contribution in [2.45, 2.75) is 45.3 Å². The predicted molar refractivity (Wildman–Crippen MR) is 92.0 cm³/mol. The SMILES string of the molecule is CCC(=O)N1CCc2cc(CNC(=O)NC[C@@H]3CCCO3)ccc21. The van der Waals surface area contributed by atoms with Gasteiger partial charge < -0.3 is 20.3 Å². The molecule has 6 heteroatoms. The van der Waals surface area contributed by atoms with Gasteiger partial charge in [-0.2, -0.15) is 0 Å². The second-order valence-electron chi connectivity index (χ2n) is 6.31. The lowest BCUT2D eigenvalue weighted by Gasteiger charge is -2.16. The molecule has 0 radical (unpaired) electrons. The van der Waals surface area contributed by atoms with E-state index in [-0.39, 0.29) is 18.0 Å². The molecule has 6 nitrogen and oxygen atoms in total. The standard InChI is InChI=1S/C18H25N3O3/c1-2-17(22)21-8-7-14-10-13(5-6-16(14)21)11-19-18(23)20-12-15-4-3-9-24-15/h5-6,10,15H,2-4,7-9,11-12H2,1H3,(H2,19,20,23)/t15-/m0/s1. The van der Waals surface area contributed by atoms with E-state index in [0.717, 1.165) is 43.7 Å². The van der Waals surface area contributed by atoms with Crippen molar-refractivity contribution >= 4 is 17.6 Å². The van der Waals surface area contributed by atoms with E-state index < -0.39 is 0 Å². The number of hydrogen-bond acceptors (Lipinski definition) is 3. The van der Waals surface area contributed by atoms with Gasteiger partial charge in [0.05, 0.1) is 6.10 Å². The molecule has 3 amide bonds. The minimum Gasteiger partial charge on any atom is -0.376 e. The van der Waals surface area contributed by atoms with Crippen molar-refractivity contribution in [2.24, 2.45) is 0 Å². The maximum Gasteiger partial charge on any atom is 0.315 e. The minimum atomic E-state index is -0.172. The number of nitrogens with one attached hydrogen (secondary N) is 2. The van der Waals surface area contributed by atoms with Crippen LogP contribution in [-0.2, 0) is 22.5 Å². The van der Waals surface area contributed by atoms with Crippen molar-refractivity contribution in [3.05, 3.63) is 29.3 Å². The van der Waals surface area contributed by atoms with Crippen LogP contribution in [0.4, 0.5) is 10.5 Å². The molecule has 0 aromatic heterocycles. The fraction of sp³-hybridized carbons (Fsp3) is 0.556. The Balaban J connectivity index is 1.49. The Hall–Kier alpha value is -2.08. The lowest BCUT2D eigenvalue weighted by molar-refractivity contribution is -0.118. The van der Waals surface area contributed by atoms with Gasteiger partial charge in [0.1, 0.15) is 0 Å². The maximum atomic E-state index is 11.9. The highest BCUT2D eigenvalue weighted by atomic mass is 16.5. The third kappa shape index (κ3) is 3.87. The number of urea groups is 1. The molecule has 2 aliphatic rings. The Kier molecular flexibility index (Phi) is 5.35. The number of carbonyl (C=O) groups excluding carboxylic acids is 2. The molecule has 3 rings (SSSR count). The van der Waals surface area contributed by atoms with Crippen molar-refractivity contribution < 1.29 is 14.3 Å². The maximum absolute atomic E-state index is 11.9. The van der Waals surface area contributed by atoms with Gasteiger partial charge in [0.2, 0.25) is 5.91 Å². The van der Waals surface area contributed by atoms with E-state index in [0.29, 0.717) is 19.5 Å². The molecule has 1 aromatic carbocycles. The lowest BCUT2D eigenvalue weighted by atomic mass is 10.1. The molecule has 2 heterocycles. The largest absolute Gasteiger partial charge is 0.376 e. The van der Waals surface area contributed by atoms with E-state index in [1.54, 1.807) is 0 Å². The molecule has 0 bridgehead atoms. The van der Waals surface area contributed by atoms with Crippen LogP contribution >= 0.6 is 0 Å². The summed E-state index contributed by atoms with van der Waals surface area (Å²) < 4.78 is 5.48. The Morgan fingerprint density at radius 2 is 2.21 bits per heavy atom. The van der Waals surface area contributed by atoms with Gasteiger partial charge in [-0.25, -0.2) is 4.79 Å². The van der Waals surface area contributed by atoms with Crippen LogP contribution in [0.15, 0.2) is 18.2 Å². The number of anilines is 1. The molecule has 0 unspecified atom stereocenters. The van der Waals surface area contributed by atoms with Gasteiger partial charge in [0, 0.05) is 38.3 Å². The summed E-state index contributed by atoms with van der Waals surface area (Å²) in [5.41, 5.74) is 3.23. The van der Waals surface area contributed by atoms with E-state index in [1.165, 1.54) is 5.56 Å². The average Bonchev–Trinajstić information content (AvgIpc) is 3.26. The van der Waals surface area contributed by atoms with Gasteiger partial charge in [-0.3, -0.25) is 4.79 Å². The molecule has 1 atom stereocenters. The molecule has 0 aliphatic carbocycles. The van der Waals surface area contributed by atoms with E-state index >= 15 is 0 Å². The van der Waals surface area contributed by atoms with Crippen LogP contribution < -0.4 is 15.5 Å². The highest BCUT2D eigenvalue weighted by Gasteiger charge is 2.23. The highest BCUT2D eigenvalue weighted by molar-refractivity contribution is 5.95. The van der Waals surface area contributed by atoms with Crippen molar-refractivity contribution in [1.29, 1.82) is 0 Å². The van der Waals surface area contributed by atoms with Crippen LogP contribution in [-0.4, -0.2) is 37.7 Å². The van der Waals surface area contributed by atoms with E-state index in [1.807, 2.05) is 24.0 Å². The van der Waals surface area contributed by atoms with E-state index in [2.05, 4.69) is 16.7 Å². The van der Waals surface area contributed by atoms with Crippen molar-refractivity contribution in [3.63, 3.8) is 0 Å². The summed E-state index contributed by atoms with van der Waals surface area (Å²) in [6.45, 7) is 4.46. The Labute approximate surface area is 142 Å². The Morgan fingerprint density at radius 1 is 1.33 bits per heavy atom. The summed E-state index contributed by atoms with van der Waals surface area (Å²) in [4.78, 5) is 25.6. The van der Waals surface area contributed by atoms with Gasteiger partial charge in [-0.1, -0.05) is 19.1 Å². The zero-order chi connectivity index (χ0) is 16.9. The first kappa shape index (κ1) is 16.8. The zero-order valence-electron chi connectivity index (χ0n) is 14.1. The lowest BCUT2D eigenvalue weighted by Crippen LogP contribution is -2.39. The first-order valence-electron chi connectivity index (χ1n) is 8.73. The molecule has 2 aliphatic heterocycles. The normalized spacial score (nSPS) is 19.2. The number of carbonyl (C=O) groups is 2. The number of ether oxygens (including phenoxy) is 1. The van der Waals surface area contributed by atoms with Crippen LogP contribution in [0.3, 0.4) is 0 Å². The Morgan fingerprint density at radius 3 is 2.96 bits per heavy atom. The van der Waals surface area contributed by atoms with Gasteiger partial charge in [-0.05, 0) is 36.5 Å². The van der Waals surface area contributed by atoms with Crippen LogP contribution in [0.25, 0.3) is 0 Å². The molecule has 2 N–H and O–H groups in total. The molecule has 130 valence electrons. The molecule has 0 spiro atoms. The molecular weight excluding hydrogens is 306 g/mol. The fourth-order valence-electron chi connectivity index (χ4n) is 3.27. The molecule has 1 aromatic rings. The average molecular weight is 331 g/mol. The second kappa shape index (κ2) is 7.66. The summed E-state index contributed by atoms with van der Waals surface area (Å²) in [6, 6.07) is 5.87. The van der Waals surface area contributed by atoms with Crippen molar-refractivity contribution in [2.75, 3.05) is 24.6 Å². The van der Waals surface area contributed by atoms with Crippen LogP contribution in [0.2, 0.25) is 0 Å². The number of benzene rings is 1. The monoisotopic (exact) mass is 331 g/mol. The predicted octanol–water partition coefficient (Wildman–Crippen LogP) is 1.96. The first-order chi connectivity index (χ1) is 11.7. The highest BCUT2D eigenvalue weighted by Crippen LogP contribution is 2.29. The fourth-order valence-corrected chi connectivity index (χ4v) is 3.27. The third-order valence-corrected chi connectivity index (χ3v) is 4.61. The summed E-state index contributed by atoms with van der Waals surface area (Å²) in [5, 5.41) is 5.72. The summed E-state index contributed by atoms with van der Waals surface area (Å²) >= 11 is 0. The van der Waals surface area contributed by atoms with Crippen LogP contribution in [0, 0.1) is 0 Å². The molecule has 0 saturated carbocycles. The molecule has 1 saturated heterocycles. The van der Waals surface area contributed by atoms with E-state index in [4.69, 9.17) is 4.74 Å². The summed E-state index contributed by atoms with van der Waals surface area (Å²) in [6.07, 6.45) is 3.63. The quantitative estimate of drug-likeness (QED) is 0.866. The van der Waals surface area contributed by atoms with Gasteiger partial charge >= 0.3 is 6.03 Å². The smallest absolute Gasteiger partial charge is 0.315 e.